The van der Waals surface area contributed by atoms with E-state index in [1.165, 1.54) is 10.5 Å². The highest BCUT2D eigenvalue weighted by Crippen LogP contribution is 2.41. The first-order chi connectivity index (χ1) is 18.6. The van der Waals surface area contributed by atoms with E-state index in [0.717, 1.165) is 16.9 Å². The van der Waals surface area contributed by atoms with Crippen LogP contribution in [-0.4, -0.2) is 84.1 Å². The van der Waals surface area contributed by atoms with Crippen molar-refractivity contribution in [1.29, 1.82) is 0 Å². The van der Waals surface area contributed by atoms with Crippen LogP contribution in [0.4, 0.5) is 14.7 Å². The van der Waals surface area contributed by atoms with E-state index in [0.29, 0.717) is 32.4 Å². The lowest BCUT2D eigenvalue weighted by atomic mass is 9.99. The average Bonchev–Trinajstić information content (AvgIpc) is 3.21. The number of pyridine rings is 1. The normalized spacial score (nSPS) is 23.4. The number of hydrogen-bond donors (Lipinski definition) is 2. The Hall–Kier alpha value is -2.27. The zero-order chi connectivity index (χ0) is 29.5. The molecule has 224 valence electrons. The molecule has 2 fully saturated rings. The van der Waals surface area contributed by atoms with Crippen molar-refractivity contribution in [2.45, 2.75) is 70.1 Å². The van der Waals surface area contributed by atoms with Crippen molar-refractivity contribution in [1.82, 2.24) is 18.8 Å². The lowest BCUT2D eigenvalue weighted by Crippen LogP contribution is -2.46. The van der Waals surface area contributed by atoms with Crippen molar-refractivity contribution < 1.29 is 34.9 Å². The van der Waals surface area contributed by atoms with Gasteiger partial charge in [0.2, 0.25) is 16.0 Å². The number of piperidine rings is 1. The molecule has 3 heterocycles. The fourth-order valence-corrected chi connectivity index (χ4v) is 7.72. The molecule has 1 aliphatic carbocycles. The molecule has 2 aromatic rings. The lowest BCUT2D eigenvalue weighted by Gasteiger charge is -2.32. The first kappa shape index (κ1) is 30.7. The highest BCUT2D eigenvalue weighted by atomic mass is 32.2. The average molecular weight is 608 g/mol. The van der Waals surface area contributed by atoms with Crippen LogP contribution < -0.4 is 10.9 Å². The van der Waals surface area contributed by atoms with Crippen molar-refractivity contribution in [3.05, 3.63) is 28.2 Å². The van der Waals surface area contributed by atoms with Crippen molar-refractivity contribution in [2.24, 2.45) is 5.92 Å². The van der Waals surface area contributed by atoms with E-state index in [9.17, 15) is 35.5 Å². The smallest absolute Gasteiger partial charge is 0.270 e. The Kier molecular flexibility index (Phi) is 8.86. The van der Waals surface area contributed by atoms with Gasteiger partial charge in [0, 0.05) is 30.7 Å². The van der Waals surface area contributed by atoms with Crippen LogP contribution in [0.5, 0.6) is 0 Å². The molecule has 2 aliphatic rings. The SMILES string of the molecule is CC(C)COS(=O)(=O)CC1(O)CCCC1n1c(=O)c(C(F)F)cc2cnc(NC3CCN(S(C)(=O)=O)CC3)nc21. The van der Waals surface area contributed by atoms with E-state index in [2.05, 4.69) is 15.3 Å². The predicted molar refractivity (Wildman–Crippen MR) is 144 cm³/mol. The number of fused-ring (bicyclic) bond motifs is 1. The van der Waals surface area contributed by atoms with Crippen LogP contribution in [0.15, 0.2) is 17.1 Å². The van der Waals surface area contributed by atoms with Crippen LogP contribution in [0.2, 0.25) is 0 Å². The van der Waals surface area contributed by atoms with Crippen molar-refractivity contribution in [3.63, 3.8) is 0 Å². The van der Waals surface area contributed by atoms with E-state index in [1.54, 1.807) is 13.8 Å². The molecule has 40 heavy (non-hydrogen) atoms. The lowest BCUT2D eigenvalue weighted by molar-refractivity contribution is 0.0270. The maximum absolute atomic E-state index is 13.9. The minimum Gasteiger partial charge on any atom is -0.387 e. The minimum atomic E-state index is -4.20. The molecule has 2 N–H and O–H groups in total. The van der Waals surface area contributed by atoms with Gasteiger partial charge in [0.15, 0.2) is 0 Å². The number of nitrogens with zero attached hydrogens (tertiary/aromatic N) is 4. The first-order valence-electron chi connectivity index (χ1n) is 13.1. The molecule has 2 unspecified atom stereocenters. The number of hydrogen-bond acceptors (Lipinski definition) is 10. The molecule has 0 aromatic carbocycles. The third-order valence-corrected chi connectivity index (χ3v) is 9.97. The molecule has 0 bridgehead atoms. The van der Waals surface area contributed by atoms with Gasteiger partial charge in [-0.05, 0) is 44.1 Å². The number of halogens is 2. The van der Waals surface area contributed by atoms with Crippen LogP contribution in [0, 0.1) is 5.92 Å². The third-order valence-electron chi connectivity index (χ3n) is 7.32. The Balaban J connectivity index is 1.71. The zero-order valence-electron chi connectivity index (χ0n) is 22.6. The number of aliphatic hydroxyl groups is 1. The molecular formula is C24H35F2N5O7S2. The summed E-state index contributed by atoms with van der Waals surface area (Å²) in [4.78, 5) is 22.0. The second kappa shape index (κ2) is 11.5. The number of sulfonamides is 1. The largest absolute Gasteiger partial charge is 0.387 e. The molecule has 0 radical (unpaired) electrons. The molecule has 1 saturated carbocycles. The molecule has 1 saturated heterocycles. The Bertz CT molecular complexity index is 1510. The van der Waals surface area contributed by atoms with Crippen LogP contribution in [0.3, 0.4) is 0 Å². The van der Waals surface area contributed by atoms with Crippen molar-refractivity contribution in [2.75, 3.05) is 37.0 Å². The standard InChI is InChI=1S/C24H35F2N5O7S2/c1-15(2)13-38-40(36,37)14-24(33)8-4-5-19(24)31-21-16(11-18(20(25)26)22(31)32)12-27-23(29-21)28-17-6-9-30(10-7-17)39(3,34)35/h11-12,15,17,19-20,33H,4-10,13-14H2,1-3H3,(H,27,28,29). The summed E-state index contributed by atoms with van der Waals surface area (Å²) in [5.74, 6) is -0.795. The highest BCUT2D eigenvalue weighted by Gasteiger charge is 2.47. The summed E-state index contributed by atoms with van der Waals surface area (Å²) < 4.78 is 84.1. The maximum atomic E-state index is 13.9. The Labute approximate surface area is 231 Å². The van der Waals surface area contributed by atoms with Gasteiger partial charge in [-0.2, -0.15) is 13.4 Å². The van der Waals surface area contributed by atoms with E-state index >= 15 is 0 Å². The van der Waals surface area contributed by atoms with E-state index < -0.39 is 55.1 Å². The van der Waals surface area contributed by atoms with E-state index in [4.69, 9.17) is 4.18 Å². The van der Waals surface area contributed by atoms with Gasteiger partial charge in [0.05, 0.1) is 24.5 Å². The van der Waals surface area contributed by atoms with Crippen molar-refractivity contribution >= 4 is 37.1 Å². The summed E-state index contributed by atoms with van der Waals surface area (Å²) in [5, 5.41) is 14.8. The van der Waals surface area contributed by atoms with E-state index in [1.807, 2.05) is 0 Å². The molecule has 2 aromatic heterocycles. The summed E-state index contributed by atoms with van der Waals surface area (Å²) in [6.45, 7) is 4.05. The Morgan fingerprint density at radius 3 is 2.48 bits per heavy atom. The predicted octanol–water partition coefficient (Wildman–Crippen LogP) is 2.02. The van der Waals surface area contributed by atoms with Gasteiger partial charge in [-0.1, -0.05) is 13.8 Å². The number of alkyl halides is 2. The quantitative estimate of drug-likeness (QED) is 0.383. The van der Waals surface area contributed by atoms with Crippen LogP contribution in [-0.2, 0) is 24.3 Å². The van der Waals surface area contributed by atoms with Gasteiger partial charge < -0.3 is 10.4 Å². The van der Waals surface area contributed by atoms with Crippen LogP contribution >= 0.6 is 0 Å². The van der Waals surface area contributed by atoms with Gasteiger partial charge in [-0.25, -0.2) is 26.5 Å². The Morgan fingerprint density at radius 2 is 1.88 bits per heavy atom. The molecule has 16 heteroatoms. The summed E-state index contributed by atoms with van der Waals surface area (Å²) >= 11 is 0. The second-order valence-electron chi connectivity index (χ2n) is 11.0. The Morgan fingerprint density at radius 1 is 1.20 bits per heavy atom. The second-order valence-corrected chi connectivity index (χ2v) is 14.6. The number of anilines is 1. The van der Waals surface area contributed by atoms with E-state index in [-0.39, 0.29) is 48.4 Å². The van der Waals surface area contributed by atoms with Crippen molar-refractivity contribution in [3.8, 4) is 0 Å². The van der Waals surface area contributed by atoms with Gasteiger partial charge in [-0.15, -0.1) is 0 Å². The summed E-state index contributed by atoms with van der Waals surface area (Å²) in [7, 11) is -7.51. The van der Waals surface area contributed by atoms with Crippen LogP contribution in [0.1, 0.15) is 64.0 Å². The first-order valence-corrected chi connectivity index (χ1v) is 16.5. The fourth-order valence-electron chi connectivity index (χ4n) is 5.33. The summed E-state index contributed by atoms with van der Waals surface area (Å²) in [6.07, 6.45) is 0.792. The molecular weight excluding hydrogens is 572 g/mol. The number of rotatable bonds is 10. The van der Waals surface area contributed by atoms with Gasteiger partial charge in [-0.3, -0.25) is 13.5 Å². The molecule has 0 spiro atoms. The monoisotopic (exact) mass is 607 g/mol. The maximum Gasteiger partial charge on any atom is 0.270 e. The minimum absolute atomic E-state index is 0.0177. The molecule has 0 amide bonds. The highest BCUT2D eigenvalue weighted by molar-refractivity contribution is 7.88. The summed E-state index contributed by atoms with van der Waals surface area (Å²) in [6, 6.07) is -0.328. The molecule has 1 aliphatic heterocycles. The number of nitrogens with one attached hydrogen (secondary N) is 1. The van der Waals surface area contributed by atoms with Gasteiger partial charge >= 0.3 is 0 Å². The molecule has 12 nitrogen and oxygen atoms in total. The van der Waals surface area contributed by atoms with Gasteiger partial charge in [0.1, 0.15) is 17.0 Å². The van der Waals surface area contributed by atoms with Crippen LogP contribution in [0.25, 0.3) is 11.0 Å². The van der Waals surface area contributed by atoms with Gasteiger partial charge in [0.25, 0.3) is 22.1 Å². The summed E-state index contributed by atoms with van der Waals surface area (Å²) in [5.41, 5.74) is -3.85. The fraction of sp³-hybridized carbons (Fsp3) is 0.708. The third kappa shape index (κ3) is 6.78. The molecule has 2 atom stereocenters. The number of aromatic nitrogens is 3. The topological polar surface area (TPSA) is 161 Å². The molecule has 4 rings (SSSR count). The zero-order valence-corrected chi connectivity index (χ0v) is 24.2.